The maximum absolute atomic E-state index is 8.73. The third kappa shape index (κ3) is 5.81. The van der Waals surface area contributed by atoms with Gasteiger partial charge >= 0.3 is 0 Å². The zero-order valence-electron chi connectivity index (χ0n) is 13.1. The van der Waals surface area contributed by atoms with Gasteiger partial charge in [-0.3, -0.25) is 0 Å². The summed E-state index contributed by atoms with van der Waals surface area (Å²) in [7, 11) is -0.0169. The van der Waals surface area contributed by atoms with Crippen LogP contribution >= 0.6 is 8.81 Å². The molecular formula is C17H29O2P. The third-order valence-corrected chi connectivity index (χ3v) is 4.28. The predicted octanol–water partition coefficient (Wildman–Crippen LogP) is 4.97. The lowest BCUT2D eigenvalue weighted by Crippen LogP contribution is -2.10. The zero-order chi connectivity index (χ0) is 14.8. The van der Waals surface area contributed by atoms with E-state index in [0.29, 0.717) is 6.61 Å². The summed E-state index contributed by atoms with van der Waals surface area (Å²) in [5.41, 5.74) is 1.46. The van der Waals surface area contributed by atoms with Gasteiger partial charge in [0.2, 0.25) is 0 Å². The molecule has 2 nitrogen and oxygen atoms in total. The second-order valence-corrected chi connectivity index (χ2v) is 6.10. The number of rotatable bonds is 5. The second-order valence-electron chi connectivity index (χ2n) is 5.28. The van der Waals surface area contributed by atoms with Crippen LogP contribution in [-0.2, 0) is 0 Å². The lowest BCUT2D eigenvalue weighted by Gasteiger charge is -2.26. The molecule has 0 heterocycles. The van der Waals surface area contributed by atoms with Crippen molar-refractivity contribution in [2.75, 3.05) is 12.8 Å². The quantitative estimate of drug-likeness (QED) is 0.614. The molecular weight excluding hydrogens is 267 g/mol. The lowest BCUT2D eigenvalue weighted by molar-refractivity contribution is 0.338. The molecule has 2 rings (SSSR count). The van der Waals surface area contributed by atoms with Gasteiger partial charge in [0, 0.05) is 15.0 Å². The predicted molar refractivity (Wildman–Crippen MR) is 89.1 cm³/mol. The van der Waals surface area contributed by atoms with Gasteiger partial charge in [-0.1, -0.05) is 45.7 Å². The fraction of sp³-hybridized carbons (Fsp3) is 0.647. The smallest absolute Gasteiger partial charge is 0.119 e. The average Bonchev–Trinajstić information content (AvgIpc) is 2.51. The maximum atomic E-state index is 8.73. The van der Waals surface area contributed by atoms with Gasteiger partial charge in [0.15, 0.2) is 0 Å². The minimum atomic E-state index is -0.0169. The molecule has 0 bridgehead atoms. The Balaban J connectivity index is 0.000000956. The standard InChI is InChI=1S/C15H23O2P.C2H6/c1-12-2-4-13(5-3-12)14-6-8-15(9-7-14)17-10-11-18-16;1-2/h6-9,12-13,16,18H,2-5,10-11H2,1H3;1-2H3. The number of benzene rings is 1. The topological polar surface area (TPSA) is 29.5 Å². The van der Waals surface area contributed by atoms with Crippen molar-refractivity contribution in [2.45, 2.75) is 52.4 Å². The Labute approximate surface area is 125 Å². The molecule has 1 aliphatic carbocycles. The highest BCUT2D eigenvalue weighted by molar-refractivity contribution is 7.31. The molecule has 1 aromatic rings. The van der Waals surface area contributed by atoms with E-state index in [1.54, 1.807) is 0 Å². The molecule has 1 atom stereocenters. The molecule has 0 radical (unpaired) electrons. The first-order chi connectivity index (χ1) is 9.79. The molecule has 114 valence electrons. The van der Waals surface area contributed by atoms with Gasteiger partial charge in [-0.25, -0.2) is 0 Å². The minimum Gasteiger partial charge on any atom is -0.493 e. The molecule has 1 aromatic carbocycles. The van der Waals surface area contributed by atoms with Gasteiger partial charge in [0.25, 0.3) is 0 Å². The van der Waals surface area contributed by atoms with Crippen LogP contribution < -0.4 is 4.74 Å². The van der Waals surface area contributed by atoms with E-state index < -0.39 is 0 Å². The van der Waals surface area contributed by atoms with Gasteiger partial charge < -0.3 is 9.63 Å². The van der Waals surface area contributed by atoms with E-state index in [-0.39, 0.29) is 8.81 Å². The highest BCUT2D eigenvalue weighted by Crippen LogP contribution is 2.35. The van der Waals surface area contributed by atoms with Crippen LogP contribution in [0.3, 0.4) is 0 Å². The van der Waals surface area contributed by atoms with E-state index >= 15 is 0 Å². The Kier molecular flexibility index (Phi) is 8.89. The van der Waals surface area contributed by atoms with Crippen LogP contribution in [0.1, 0.15) is 57.9 Å². The maximum Gasteiger partial charge on any atom is 0.119 e. The summed E-state index contributed by atoms with van der Waals surface area (Å²) >= 11 is 0. The molecule has 3 heteroatoms. The summed E-state index contributed by atoms with van der Waals surface area (Å²) in [5, 5.41) is 0. The zero-order valence-corrected chi connectivity index (χ0v) is 14.1. The Morgan fingerprint density at radius 2 is 1.70 bits per heavy atom. The molecule has 20 heavy (non-hydrogen) atoms. The van der Waals surface area contributed by atoms with Crippen LogP contribution in [0.4, 0.5) is 0 Å². The minimum absolute atomic E-state index is 0.0169. The summed E-state index contributed by atoms with van der Waals surface area (Å²) < 4.78 is 5.55. The third-order valence-electron chi connectivity index (χ3n) is 3.85. The first-order valence-electron chi connectivity index (χ1n) is 7.89. The van der Waals surface area contributed by atoms with Crippen molar-refractivity contribution in [3.63, 3.8) is 0 Å². The lowest BCUT2D eigenvalue weighted by atomic mass is 9.79. The van der Waals surface area contributed by atoms with Crippen LogP contribution in [0.15, 0.2) is 24.3 Å². The summed E-state index contributed by atoms with van der Waals surface area (Å²) in [6.45, 7) is 6.96. The highest BCUT2D eigenvalue weighted by Gasteiger charge is 2.19. The average molecular weight is 296 g/mol. The Morgan fingerprint density at radius 3 is 2.25 bits per heavy atom. The number of ether oxygens (including phenoxy) is 1. The van der Waals surface area contributed by atoms with Gasteiger partial charge in [0.05, 0.1) is 6.61 Å². The van der Waals surface area contributed by atoms with Crippen molar-refractivity contribution in [3.8, 4) is 5.75 Å². The summed E-state index contributed by atoms with van der Waals surface area (Å²) in [5.74, 6) is 2.57. The Bertz CT molecular complexity index is 343. The van der Waals surface area contributed by atoms with E-state index in [1.807, 2.05) is 13.8 Å². The van der Waals surface area contributed by atoms with Gasteiger partial charge in [-0.05, 0) is 42.4 Å². The second kappa shape index (κ2) is 10.2. The molecule has 1 saturated carbocycles. The Morgan fingerprint density at radius 1 is 1.10 bits per heavy atom. The van der Waals surface area contributed by atoms with Gasteiger partial charge in [-0.15, -0.1) is 0 Å². The van der Waals surface area contributed by atoms with E-state index in [4.69, 9.17) is 9.63 Å². The van der Waals surface area contributed by atoms with Crippen molar-refractivity contribution >= 4 is 8.81 Å². The van der Waals surface area contributed by atoms with Crippen molar-refractivity contribution in [1.82, 2.24) is 0 Å². The van der Waals surface area contributed by atoms with Crippen molar-refractivity contribution in [2.24, 2.45) is 5.92 Å². The molecule has 1 N–H and O–H groups in total. The van der Waals surface area contributed by atoms with Crippen molar-refractivity contribution in [3.05, 3.63) is 29.8 Å². The summed E-state index contributed by atoms with van der Waals surface area (Å²) in [4.78, 5) is 8.73. The first kappa shape index (κ1) is 17.5. The molecule has 0 spiro atoms. The molecule has 0 amide bonds. The van der Waals surface area contributed by atoms with Gasteiger partial charge in [-0.2, -0.15) is 0 Å². The first-order valence-corrected chi connectivity index (χ1v) is 9.04. The van der Waals surface area contributed by atoms with E-state index in [9.17, 15) is 0 Å². The van der Waals surface area contributed by atoms with Gasteiger partial charge in [0.1, 0.15) is 5.75 Å². The number of hydrogen-bond donors (Lipinski definition) is 1. The molecule has 0 aliphatic heterocycles. The van der Waals surface area contributed by atoms with Crippen molar-refractivity contribution < 1.29 is 9.63 Å². The monoisotopic (exact) mass is 296 g/mol. The molecule has 1 unspecified atom stereocenters. The molecule has 0 aromatic heterocycles. The van der Waals surface area contributed by atoms with E-state index in [0.717, 1.165) is 23.7 Å². The molecule has 0 saturated heterocycles. The van der Waals surface area contributed by atoms with Crippen LogP contribution in [-0.4, -0.2) is 17.7 Å². The van der Waals surface area contributed by atoms with Crippen LogP contribution in [0.5, 0.6) is 5.75 Å². The Hall–Kier alpha value is -0.590. The van der Waals surface area contributed by atoms with E-state index in [2.05, 4.69) is 31.2 Å². The molecule has 1 fully saturated rings. The fourth-order valence-electron chi connectivity index (χ4n) is 2.64. The van der Waals surface area contributed by atoms with Crippen LogP contribution in [0.2, 0.25) is 0 Å². The van der Waals surface area contributed by atoms with Crippen LogP contribution in [0, 0.1) is 5.92 Å². The largest absolute Gasteiger partial charge is 0.493 e. The summed E-state index contributed by atoms with van der Waals surface area (Å²) in [6, 6.07) is 8.54. The van der Waals surface area contributed by atoms with Crippen molar-refractivity contribution in [1.29, 1.82) is 0 Å². The van der Waals surface area contributed by atoms with E-state index in [1.165, 1.54) is 31.2 Å². The molecule has 1 aliphatic rings. The SMILES string of the molecule is CC.CC1CCC(c2ccc(OCCPO)cc2)CC1. The highest BCUT2D eigenvalue weighted by atomic mass is 31.1. The normalized spacial score (nSPS) is 22.4. The number of hydrogen-bond acceptors (Lipinski definition) is 2. The van der Waals surface area contributed by atoms with Crippen LogP contribution in [0.25, 0.3) is 0 Å². The summed E-state index contributed by atoms with van der Waals surface area (Å²) in [6.07, 6.45) is 6.10. The fourth-order valence-corrected chi connectivity index (χ4v) is 2.84.